The largest absolute Gasteiger partial charge is 0.477 e. The number of rotatable bonds is 3. The maximum Gasteiger partial charge on any atom is 0.255 e. The van der Waals surface area contributed by atoms with E-state index in [1.54, 1.807) is 12.3 Å². The number of carbonyl (C=O) groups excluding carboxylic acids is 1. The SMILES string of the molecule is CCOc1ncc(C(=O)N2CCCC(C)CC2)cc1Cl. The summed E-state index contributed by atoms with van der Waals surface area (Å²) in [4.78, 5) is 18.5. The first-order valence-corrected chi connectivity index (χ1v) is 7.57. The van der Waals surface area contributed by atoms with E-state index in [0.29, 0.717) is 29.0 Å². The van der Waals surface area contributed by atoms with Gasteiger partial charge in [0.25, 0.3) is 5.91 Å². The molecule has 0 spiro atoms. The van der Waals surface area contributed by atoms with Crippen LogP contribution in [-0.4, -0.2) is 35.5 Å². The van der Waals surface area contributed by atoms with Crippen LogP contribution in [0.25, 0.3) is 0 Å². The van der Waals surface area contributed by atoms with Crippen molar-refractivity contribution in [1.29, 1.82) is 0 Å². The van der Waals surface area contributed by atoms with Gasteiger partial charge in [-0.2, -0.15) is 0 Å². The Bertz CT molecular complexity index is 479. The van der Waals surface area contributed by atoms with Crippen LogP contribution in [0.2, 0.25) is 5.02 Å². The predicted octanol–water partition coefficient (Wildman–Crippen LogP) is 3.40. The lowest BCUT2D eigenvalue weighted by atomic mass is 10.0. The standard InChI is InChI=1S/C15H21ClN2O2/c1-3-20-14-13(16)9-12(10-17-14)15(19)18-7-4-5-11(2)6-8-18/h9-11H,3-8H2,1-2H3. The smallest absolute Gasteiger partial charge is 0.255 e. The van der Waals surface area contributed by atoms with Crippen molar-refractivity contribution in [3.63, 3.8) is 0 Å². The minimum absolute atomic E-state index is 0.0107. The van der Waals surface area contributed by atoms with E-state index in [1.165, 1.54) is 6.42 Å². The third-order valence-electron chi connectivity index (χ3n) is 3.64. The molecule has 0 bridgehead atoms. The van der Waals surface area contributed by atoms with Gasteiger partial charge in [-0.3, -0.25) is 4.79 Å². The van der Waals surface area contributed by atoms with Crippen LogP contribution in [-0.2, 0) is 0 Å². The highest BCUT2D eigenvalue weighted by Crippen LogP contribution is 2.24. The summed E-state index contributed by atoms with van der Waals surface area (Å²) < 4.78 is 5.28. The molecule has 1 aliphatic rings. The highest BCUT2D eigenvalue weighted by atomic mass is 35.5. The highest BCUT2D eigenvalue weighted by Gasteiger charge is 2.20. The molecule has 1 atom stereocenters. The van der Waals surface area contributed by atoms with E-state index >= 15 is 0 Å². The van der Waals surface area contributed by atoms with Gasteiger partial charge in [0.1, 0.15) is 5.02 Å². The Morgan fingerprint density at radius 3 is 3.00 bits per heavy atom. The van der Waals surface area contributed by atoms with Gasteiger partial charge in [-0.25, -0.2) is 4.98 Å². The number of likely N-dealkylation sites (tertiary alicyclic amines) is 1. The Balaban J connectivity index is 2.10. The molecule has 1 amide bonds. The van der Waals surface area contributed by atoms with Crippen molar-refractivity contribution >= 4 is 17.5 Å². The van der Waals surface area contributed by atoms with E-state index in [4.69, 9.17) is 16.3 Å². The lowest BCUT2D eigenvalue weighted by Gasteiger charge is -2.20. The Morgan fingerprint density at radius 2 is 2.30 bits per heavy atom. The minimum Gasteiger partial charge on any atom is -0.477 e. The van der Waals surface area contributed by atoms with Crippen molar-refractivity contribution in [2.24, 2.45) is 5.92 Å². The van der Waals surface area contributed by atoms with Crippen molar-refractivity contribution in [1.82, 2.24) is 9.88 Å². The van der Waals surface area contributed by atoms with Crippen LogP contribution < -0.4 is 4.74 Å². The van der Waals surface area contributed by atoms with Crippen LogP contribution in [0, 0.1) is 5.92 Å². The highest BCUT2D eigenvalue weighted by molar-refractivity contribution is 6.32. The molecule has 0 aromatic carbocycles. The number of nitrogens with zero attached hydrogens (tertiary/aromatic N) is 2. The molecule has 0 N–H and O–H groups in total. The van der Waals surface area contributed by atoms with E-state index in [0.717, 1.165) is 25.9 Å². The first-order valence-electron chi connectivity index (χ1n) is 7.19. The molecule has 1 aliphatic heterocycles. The first kappa shape index (κ1) is 15.1. The minimum atomic E-state index is 0.0107. The fraction of sp³-hybridized carbons (Fsp3) is 0.600. The summed E-state index contributed by atoms with van der Waals surface area (Å²) >= 11 is 6.09. The normalized spacial score (nSPS) is 19.6. The number of hydrogen-bond acceptors (Lipinski definition) is 3. The molecule has 2 rings (SSSR count). The van der Waals surface area contributed by atoms with Gasteiger partial charge in [0.15, 0.2) is 0 Å². The molecule has 2 heterocycles. The number of ether oxygens (including phenoxy) is 1. The van der Waals surface area contributed by atoms with E-state index in [9.17, 15) is 4.79 Å². The Kier molecular flexibility index (Phi) is 5.24. The maximum absolute atomic E-state index is 12.5. The monoisotopic (exact) mass is 296 g/mol. The summed E-state index contributed by atoms with van der Waals surface area (Å²) in [5.41, 5.74) is 0.535. The lowest BCUT2D eigenvalue weighted by molar-refractivity contribution is 0.0760. The second-order valence-electron chi connectivity index (χ2n) is 5.27. The second-order valence-corrected chi connectivity index (χ2v) is 5.68. The van der Waals surface area contributed by atoms with Gasteiger partial charge in [0.05, 0.1) is 12.2 Å². The van der Waals surface area contributed by atoms with Gasteiger partial charge >= 0.3 is 0 Å². The molecule has 110 valence electrons. The number of pyridine rings is 1. The fourth-order valence-corrected chi connectivity index (χ4v) is 2.65. The zero-order valence-corrected chi connectivity index (χ0v) is 12.8. The first-order chi connectivity index (χ1) is 9.61. The molecule has 1 fully saturated rings. The molecule has 4 nitrogen and oxygen atoms in total. The molecule has 0 saturated carbocycles. The van der Waals surface area contributed by atoms with Gasteiger partial charge in [-0.1, -0.05) is 18.5 Å². The Hall–Kier alpha value is -1.29. The van der Waals surface area contributed by atoms with Crippen LogP contribution in [0.1, 0.15) is 43.5 Å². The van der Waals surface area contributed by atoms with Crippen LogP contribution in [0.5, 0.6) is 5.88 Å². The molecular weight excluding hydrogens is 276 g/mol. The Morgan fingerprint density at radius 1 is 1.50 bits per heavy atom. The molecule has 20 heavy (non-hydrogen) atoms. The van der Waals surface area contributed by atoms with Crippen molar-refractivity contribution in [2.75, 3.05) is 19.7 Å². The zero-order valence-electron chi connectivity index (χ0n) is 12.1. The van der Waals surface area contributed by atoms with Crippen LogP contribution >= 0.6 is 11.6 Å². The summed E-state index contributed by atoms with van der Waals surface area (Å²) in [7, 11) is 0. The maximum atomic E-state index is 12.5. The van der Waals surface area contributed by atoms with Gasteiger partial charge in [-0.05, 0) is 38.2 Å². The van der Waals surface area contributed by atoms with E-state index in [2.05, 4.69) is 11.9 Å². The van der Waals surface area contributed by atoms with E-state index < -0.39 is 0 Å². The van der Waals surface area contributed by atoms with Crippen LogP contribution in [0.15, 0.2) is 12.3 Å². The van der Waals surface area contributed by atoms with Crippen LogP contribution in [0.3, 0.4) is 0 Å². The average Bonchev–Trinajstić information content (AvgIpc) is 2.65. The average molecular weight is 297 g/mol. The van der Waals surface area contributed by atoms with E-state index in [1.807, 2.05) is 11.8 Å². The lowest BCUT2D eigenvalue weighted by Crippen LogP contribution is -2.32. The van der Waals surface area contributed by atoms with Crippen molar-refractivity contribution < 1.29 is 9.53 Å². The van der Waals surface area contributed by atoms with Crippen molar-refractivity contribution in [3.05, 3.63) is 22.8 Å². The number of aromatic nitrogens is 1. The molecule has 1 aromatic heterocycles. The molecule has 0 radical (unpaired) electrons. The third-order valence-corrected chi connectivity index (χ3v) is 3.91. The molecule has 1 aromatic rings. The molecule has 1 saturated heterocycles. The van der Waals surface area contributed by atoms with Crippen molar-refractivity contribution in [3.8, 4) is 5.88 Å². The second kappa shape index (κ2) is 6.93. The van der Waals surface area contributed by atoms with Crippen LogP contribution in [0.4, 0.5) is 0 Å². The Labute approximate surface area is 125 Å². The predicted molar refractivity (Wildman–Crippen MR) is 79.3 cm³/mol. The topological polar surface area (TPSA) is 42.4 Å². The fourth-order valence-electron chi connectivity index (χ4n) is 2.43. The summed E-state index contributed by atoms with van der Waals surface area (Å²) in [5, 5.41) is 0.390. The number of hydrogen-bond donors (Lipinski definition) is 0. The summed E-state index contributed by atoms with van der Waals surface area (Å²) in [5.74, 6) is 1.08. The van der Waals surface area contributed by atoms with Gasteiger partial charge in [0.2, 0.25) is 5.88 Å². The van der Waals surface area contributed by atoms with Gasteiger partial charge in [-0.15, -0.1) is 0 Å². The number of carbonyl (C=O) groups is 1. The third kappa shape index (κ3) is 3.63. The molecule has 1 unspecified atom stereocenters. The van der Waals surface area contributed by atoms with E-state index in [-0.39, 0.29) is 5.91 Å². The molecule has 0 aliphatic carbocycles. The zero-order chi connectivity index (χ0) is 14.5. The summed E-state index contributed by atoms with van der Waals surface area (Å²) in [6, 6.07) is 1.65. The number of amides is 1. The quantitative estimate of drug-likeness (QED) is 0.858. The molecular formula is C15H21ClN2O2. The summed E-state index contributed by atoms with van der Waals surface area (Å²) in [6.45, 7) is 6.24. The molecule has 5 heteroatoms. The van der Waals surface area contributed by atoms with Gasteiger partial charge in [0, 0.05) is 19.3 Å². The summed E-state index contributed by atoms with van der Waals surface area (Å²) in [6.07, 6.45) is 4.86. The number of halogens is 1. The van der Waals surface area contributed by atoms with Crippen molar-refractivity contribution in [2.45, 2.75) is 33.1 Å². The van der Waals surface area contributed by atoms with Gasteiger partial charge < -0.3 is 9.64 Å².